The van der Waals surface area contributed by atoms with Crippen LogP contribution in [0.15, 0.2) is 97.1 Å². The zero-order chi connectivity index (χ0) is 35.9. The van der Waals surface area contributed by atoms with Crippen molar-refractivity contribution in [3.63, 3.8) is 0 Å². The topological polar surface area (TPSA) is 59.9 Å². The van der Waals surface area contributed by atoms with Crippen LogP contribution in [0.25, 0.3) is 44.3 Å². The molecule has 0 atom stereocenters. The van der Waals surface area contributed by atoms with Crippen LogP contribution in [0.4, 0.5) is 0 Å². The van der Waals surface area contributed by atoms with Gasteiger partial charge in [-0.25, -0.2) is 0 Å². The maximum atomic E-state index is 11.4. The summed E-state index contributed by atoms with van der Waals surface area (Å²) in [5.74, 6) is -0.208. The van der Waals surface area contributed by atoms with Crippen LogP contribution in [0.3, 0.4) is 0 Å². The Balaban J connectivity index is 0.000000205. The van der Waals surface area contributed by atoms with Crippen molar-refractivity contribution in [3.8, 4) is 22.5 Å². The van der Waals surface area contributed by atoms with Crippen molar-refractivity contribution in [3.05, 3.63) is 138 Å². The van der Waals surface area contributed by atoms with Gasteiger partial charge in [-0.2, -0.15) is 0 Å². The van der Waals surface area contributed by atoms with Gasteiger partial charge in [-0.15, -0.1) is 69.8 Å². The molecule has 4 nitrogen and oxygen atoms in total. The zero-order valence-corrected chi connectivity index (χ0v) is 33.3. The van der Waals surface area contributed by atoms with Crippen LogP contribution < -0.4 is 0 Å². The SMILES string of the molecule is CC(C)(C)C(=O)[CH-]C(=O)C(C)(C)C.Cc1[c-]c(-c2ccc3ccccc3n2)cc(C)c1.Cc1[c-]c(-c2ccc3ccccc3n2)cc(C)c1.[Ir+3]. The van der Waals surface area contributed by atoms with Gasteiger partial charge in [0.15, 0.2) is 0 Å². The number of rotatable bonds is 4. The Morgan fingerprint density at radius 2 is 0.900 bits per heavy atom. The Labute approximate surface area is 312 Å². The van der Waals surface area contributed by atoms with E-state index in [0.717, 1.165) is 44.7 Å². The van der Waals surface area contributed by atoms with Gasteiger partial charge < -0.3 is 9.59 Å². The Morgan fingerprint density at radius 1 is 0.540 bits per heavy atom. The van der Waals surface area contributed by atoms with Gasteiger partial charge >= 0.3 is 20.1 Å². The number of para-hydroxylation sites is 2. The molecule has 6 rings (SSSR count). The van der Waals surface area contributed by atoms with Crippen LogP contribution in [0, 0.1) is 57.1 Å². The third-order valence-electron chi connectivity index (χ3n) is 7.79. The number of carbonyl (C=O) groups is 2. The molecule has 2 heterocycles. The largest absolute Gasteiger partial charge is 3.00 e. The maximum Gasteiger partial charge on any atom is 3.00 e. The minimum absolute atomic E-state index is 0. The number of aryl methyl sites for hydroxylation is 4. The van der Waals surface area contributed by atoms with E-state index < -0.39 is 10.8 Å². The molecule has 0 bridgehead atoms. The second kappa shape index (κ2) is 17.0. The predicted octanol–water partition coefficient (Wildman–Crippen LogP) is 11.1. The van der Waals surface area contributed by atoms with Gasteiger partial charge in [0, 0.05) is 11.6 Å². The summed E-state index contributed by atoms with van der Waals surface area (Å²) in [6.07, 6.45) is 1.22. The average molecular weight is 840 g/mol. The molecular weight excluding hydrogens is 793 g/mol. The number of nitrogens with zero attached hydrogens (tertiary/aromatic N) is 2. The summed E-state index contributed by atoms with van der Waals surface area (Å²) in [6.45, 7) is 19.2. The van der Waals surface area contributed by atoms with Gasteiger partial charge in [-0.1, -0.05) is 130 Å². The zero-order valence-electron chi connectivity index (χ0n) is 30.9. The van der Waals surface area contributed by atoms with E-state index in [0.29, 0.717) is 0 Å². The molecule has 0 fully saturated rings. The molecule has 0 saturated carbocycles. The molecule has 4 aromatic carbocycles. The summed E-state index contributed by atoms with van der Waals surface area (Å²) in [5, 5.41) is 2.34. The van der Waals surface area contributed by atoms with Crippen molar-refractivity contribution in [2.45, 2.75) is 69.2 Å². The first-order valence-electron chi connectivity index (χ1n) is 16.7. The Hall–Kier alpha value is -4.44. The minimum Gasteiger partial charge on any atom is -0.333 e. The molecule has 0 aliphatic heterocycles. The first-order valence-corrected chi connectivity index (χ1v) is 16.7. The molecule has 0 N–H and O–H groups in total. The first-order chi connectivity index (χ1) is 23.0. The summed E-state index contributed by atoms with van der Waals surface area (Å²) in [5.41, 5.74) is 10.1. The van der Waals surface area contributed by atoms with Crippen LogP contribution >= 0.6 is 0 Å². The van der Waals surface area contributed by atoms with Crippen LogP contribution in [-0.4, -0.2) is 21.5 Å². The fourth-order valence-electron chi connectivity index (χ4n) is 5.05. The van der Waals surface area contributed by atoms with E-state index in [1.807, 2.05) is 77.9 Å². The number of benzene rings is 4. The van der Waals surface area contributed by atoms with Crippen LogP contribution in [0.2, 0.25) is 0 Å². The minimum atomic E-state index is -0.457. The van der Waals surface area contributed by atoms with E-state index in [-0.39, 0.29) is 31.7 Å². The summed E-state index contributed by atoms with van der Waals surface area (Å²) < 4.78 is 0. The number of ketones is 2. The van der Waals surface area contributed by atoms with Crippen molar-refractivity contribution in [1.29, 1.82) is 0 Å². The monoisotopic (exact) mass is 840 g/mol. The predicted molar refractivity (Wildman–Crippen MR) is 204 cm³/mol. The van der Waals surface area contributed by atoms with E-state index >= 15 is 0 Å². The number of carbonyl (C=O) groups excluding carboxylic acids is 2. The molecule has 0 saturated heterocycles. The molecular formula is C45H47IrN2O2. The van der Waals surface area contributed by atoms with Gasteiger partial charge in [-0.3, -0.25) is 16.4 Å². The molecule has 0 radical (unpaired) electrons. The van der Waals surface area contributed by atoms with Crippen molar-refractivity contribution < 1.29 is 29.7 Å². The number of pyridine rings is 2. The Kier molecular flexibility index (Phi) is 13.6. The van der Waals surface area contributed by atoms with Gasteiger partial charge in [-0.05, 0) is 45.1 Å². The summed E-state index contributed by atoms with van der Waals surface area (Å²) in [7, 11) is 0. The van der Waals surface area contributed by atoms with Gasteiger partial charge in [0.05, 0.1) is 11.0 Å². The number of Topliss-reactive ketones (excluding diaryl/α,β-unsaturated/α-hetero) is 2. The standard InChI is InChI=1S/2C17H14N.C11H19O2.Ir/c2*1-12-9-13(2)11-15(10-12)17-8-7-14-5-3-4-6-16(14)18-17;1-10(2,3)8(12)7-9(13)11(4,5)6;/h2*3-10H,1-2H3;7H,1-6H3;/q3*-1;+3. The normalized spacial score (nSPS) is 11.0. The van der Waals surface area contributed by atoms with E-state index in [1.54, 1.807) is 0 Å². The molecule has 0 spiro atoms. The van der Waals surface area contributed by atoms with Gasteiger partial charge in [0.1, 0.15) is 0 Å². The molecule has 6 aromatic rings. The summed E-state index contributed by atoms with van der Waals surface area (Å²) in [4.78, 5) is 32.3. The summed E-state index contributed by atoms with van der Waals surface area (Å²) in [6, 6.07) is 40.0. The maximum absolute atomic E-state index is 11.4. The second-order valence-corrected chi connectivity index (χ2v) is 14.7. The Morgan fingerprint density at radius 3 is 1.24 bits per heavy atom. The van der Waals surface area contributed by atoms with E-state index in [4.69, 9.17) is 9.97 Å². The Bertz CT molecular complexity index is 1910. The molecule has 0 aliphatic carbocycles. The van der Waals surface area contributed by atoms with E-state index in [1.165, 1.54) is 28.3 Å². The number of hydrogen-bond donors (Lipinski definition) is 0. The van der Waals surface area contributed by atoms with Crippen molar-refractivity contribution in [1.82, 2.24) is 9.97 Å². The number of fused-ring (bicyclic) bond motifs is 2. The van der Waals surface area contributed by atoms with Crippen molar-refractivity contribution >= 4 is 33.4 Å². The number of aromatic nitrogens is 2. The smallest absolute Gasteiger partial charge is 0.333 e. The number of hydrogen-bond acceptors (Lipinski definition) is 4. The molecule has 2 aromatic heterocycles. The first kappa shape index (κ1) is 40.0. The fourth-order valence-corrected chi connectivity index (χ4v) is 5.05. The van der Waals surface area contributed by atoms with Crippen LogP contribution in [0.1, 0.15) is 63.8 Å². The van der Waals surface area contributed by atoms with Crippen LogP contribution in [-0.2, 0) is 29.7 Å². The van der Waals surface area contributed by atoms with Crippen LogP contribution in [0.5, 0.6) is 0 Å². The van der Waals surface area contributed by atoms with Gasteiger partial charge in [0.2, 0.25) is 0 Å². The fraction of sp³-hybridized carbons (Fsp3) is 0.267. The third-order valence-corrected chi connectivity index (χ3v) is 7.79. The van der Waals surface area contributed by atoms with E-state index in [9.17, 15) is 9.59 Å². The molecule has 50 heavy (non-hydrogen) atoms. The van der Waals surface area contributed by atoms with Crippen molar-refractivity contribution in [2.75, 3.05) is 0 Å². The van der Waals surface area contributed by atoms with Crippen molar-refractivity contribution in [2.24, 2.45) is 10.8 Å². The summed E-state index contributed by atoms with van der Waals surface area (Å²) >= 11 is 0. The molecule has 0 unspecified atom stereocenters. The second-order valence-electron chi connectivity index (χ2n) is 14.7. The van der Waals surface area contributed by atoms with E-state index in [2.05, 4.69) is 100 Å². The molecule has 5 heteroatoms. The molecule has 0 aliphatic rings. The average Bonchev–Trinajstić information content (AvgIpc) is 3.03. The molecule has 0 amide bonds. The third kappa shape index (κ3) is 11.3. The molecule has 258 valence electrons. The van der Waals surface area contributed by atoms with Gasteiger partial charge in [0.25, 0.3) is 0 Å². The quantitative estimate of drug-likeness (QED) is 0.131.